The minimum Gasteiger partial charge on any atom is -0.444 e. The Labute approximate surface area is 126 Å². The molecular weight excluding hydrogens is 268 g/mol. The second-order valence-electron chi connectivity index (χ2n) is 7.55. The van der Waals surface area contributed by atoms with Crippen molar-refractivity contribution >= 4 is 11.9 Å². The molecule has 0 unspecified atom stereocenters. The lowest BCUT2D eigenvalue weighted by Gasteiger charge is -2.29. The van der Waals surface area contributed by atoms with Crippen LogP contribution in [0, 0.1) is 0 Å². The fourth-order valence-corrected chi connectivity index (χ4v) is 2.39. The molecule has 1 aliphatic rings. The van der Waals surface area contributed by atoms with Gasteiger partial charge in [0.25, 0.3) is 0 Å². The summed E-state index contributed by atoms with van der Waals surface area (Å²) < 4.78 is 7.27. The van der Waals surface area contributed by atoms with Crippen molar-refractivity contribution in [2.24, 2.45) is 0 Å². The Balaban J connectivity index is 2.21. The van der Waals surface area contributed by atoms with Crippen LogP contribution in [0.5, 0.6) is 0 Å². The van der Waals surface area contributed by atoms with Crippen LogP contribution in [0.4, 0.5) is 10.6 Å². The van der Waals surface area contributed by atoms with Crippen LogP contribution in [0.1, 0.15) is 52.8 Å². The van der Waals surface area contributed by atoms with Crippen molar-refractivity contribution < 1.29 is 9.53 Å². The molecule has 1 aromatic heterocycles. The molecule has 1 amide bonds. The van der Waals surface area contributed by atoms with E-state index in [9.17, 15) is 4.79 Å². The summed E-state index contributed by atoms with van der Waals surface area (Å²) in [6, 6.07) is 0. The van der Waals surface area contributed by atoms with Crippen molar-refractivity contribution in [3.63, 3.8) is 0 Å². The molecule has 0 spiro atoms. The molecule has 118 valence electrons. The third-order valence-corrected chi connectivity index (χ3v) is 3.36. The van der Waals surface area contributed by atoms with Crippen LogP contribution in [0.2, 0.25) is 0 Å². The fourth-order valence-electron chi connectivity index (χ4n) is 2.39. The third kappa shape index (κ3) is 3.31. The molecule has 0 radical (unpaired) electrons. The Bertz CT molecular complexity index is 549. The second kappa shape index (κ2) is 4.93. The summed E-state index contributed by atoms with van der Waals surface area (Å²) in [5.41, 5.74) is 7.50. The molecule has 2 heterocycles. The Hall–Kier alpha value is -1.72. The van der Waals surface area contributed by atoms with Crippen LogP contribution >= 0.6 is 0 Å². The molecule has 2 rings (SSSR count). The molecule has 1 aliphatic heterocycles. The maximum atomic E-state index is 12.2. The van der Waals surface area contributed by atoms with Gasteiger partial charge in [-0.05, 0) is 41.5 Å². The average molecular weight is 294 g/mol. The van der Waals surface area contributed by atoms with E-state index in [1.165, 1.54) is 0 Å². The zero-order valence-electron chi connectivity index (χ0n) is 13.9. The van der Waals surface area contributed by atoms with E-state index in [4.69, 9.17) is 10.5 Å². The van der Waals surface area contributed by atoms with Gasteiger partial charge < -0.3 is 15.4 Å². The predicted molar refractivity (Wildman–Crippen MR) is 82.0 cm³/mol. The predicted octanol–water partition coefficient (Wildman–Crippen LogP) is 2.51. The number of aromatic nitrogens is 2. The summed E-state index contributed by atoms with van der Waals surface area (Å²) in [5, 5.41) is 4.60. The Kier molecular flexibility index (Phi) is 3.68. The third-order valence-electron chi connectivity index (χ3n) is 3.36. The minimum atomic E-state index is -0.488. The van der Waals surface area contributed by atoms with E-state index in [-0.39, 0.29) is 11.6 Å². The topological polar surface area (TPSA) is 73.4 Å². The Morgan fingerprint density at radius 1 is 1.24 bits per heavy atom. The Morgan fingerprint density at radius 3 is 2.38 bits per heavy atom. The van der Waals surface area contributed by atoms with E-state index in [1.807, 2.05) is 25.5 Å². The first-order chi connectivity index (χ1) is 9.49. The molecule has 1 aromatic rings. The van der Waals surface area contributed by atoms with Gasteiger partial charge in [-0.2, -0.15) is 5.10 Å². The van der Waals surface area contributed by atoms with Crippen LogP contribution in [-0.4, -0.2) is 32.9 Å². The molecule has 0 fully saturated rings. The lowest BCUT2D eigenvalue weighted by molar-refractivity contribution is 0.0224. The summed E-state index contributed by atoms with van der Waals surface area (Å²) in [6.45, 7) is 12.9. The van der Waals surface area contributed by atoms with Crippen molar-refractivity contribution in [2.45, 2.75) is 65.6 Å². The largest absolute Gasteiger partial charge is 0.444 e. The van der Waals surface area contributed by atoms with Gasteiger partial charge in [-0.25, -0.2) is 9.48 Å². The SMILES string of the molecule is CC(C)(C)OC(=O)N1CCc2nn(C(C)(C)C)c(N)c2C1. The first-order valence-electron chi connectivity index (χ1n) is 7.34. The molecule has 0 aromatic carbocycles. The number of carbonyl (C=O) groups excluding carboxylic acids is 1. The summed E-state index contributed by atoms with van der Waals surface area (Å²) in [4.78, 5) is 13.9. The molecule has 0 saturated carbocycles. The number of nitrogen functional groups attached to an aromatic ring is 1. The van der Waals surface area contributed by atoms with Gasteiger partial charge in [0.1, 0.15) is 11.4 Å². The molecule has 0 saturated heterocycles. The number of anilines is 1. The van der Waals surface area contributed by atoms with E-state index < -0.39 is 5.60 Å². The number of ether oxygens (including phenoxy) is 1. The number of rotatable bonds is 0. The van der Waals surface area contributed by atoms with Crippen LogP contribution < -0.4 is 5.73 Å². The van der Waals surface area contributed by atoms with Crippen molar-refractivity contribution in [3.8, 4) is 0 Å². The lowest BCUT2D eigenvalue weighted by atomic mass is 10.1. The van der Waals surface area contributed by atoms with Crippen LogP contribution in [0.25, 0.3) is 0 Å². The first kappa shape index (κ1) is 15.7. The molecule has 0 atom stereocenters. The zero-order chi connectivity index (χ0) is 16.0. The molecule has 21 heavy (non-hydrogen) atoms. The van der Waals surface area contributed by atoms with Crippen molar-refractivity contribution in [3.05, 3.63) is 11.3 Å². The van der Waals surface area contributed by atoms with E-state index in [0.29, 0.717) is 25.3 Å². The fraction of sp³-hybridized carbons (Fsp3) is 0.733. The first-order valence-corrected chi connectivity index (χ1v) is 7.34. The number of hydrogen-bond donors (Lipinski definition) is 1. The molecule has 6 nitrogen and oxygen atoms in total. The van der Waals surface area contributed by atoms with Crippen molar-refractivity contribution in [2.75, 3.05) is 12.3 Å². The summed E-state index contributed by atoms with van der Waals surface area (Å²) in [5.74, 6) is 0.644. The van der Waals surface area contributed by atoms with Crippen LogP contribution in [0.3, 0.4) is 0 Å². The average Bonchev–Trinajstić information content (AvgIpc) is 2.64. The number of nitrogens with zero attached hydrogens (tertiary/aromatic N) is 3. The van der Waals surface area contributed by atoms with Gasteiger partial charge in [-0.15, -0.1) is 0 Å². The van der Waals surface area contributed by atoms with Gasteiger partial charge in [0, 0.05) is 18.5 Å². The highest BCUT2D eigenvalue weighted by Crippen LogP contribution is 2.29. The highest BCUT2D eigenvalue weighted by molar-refractivity contribution is 5.69. The number of amides is 1. The number of nitrogens with two attached hydrogens (primary N) is 1. The summed E-state index contributed by atoms with van der Waals surface area (Å²) in [7, 11) is 0. The summed E-state index contributed by atoms with van der Waals surface area (Å²) >= 11 is 0. The molecular formula is C15H26N4O2. The maximum absolute atomic E-state index is 12.2. The smallest absolute Gasteiger partial charge is 0.410 e. The molecule has 0 aliphatic carbocycles. The normalized spacial score (nSPS) is 15.8. The van der Waals surface area contributed by atoms with E-state index in [2.05, 4.69) is 25.9 Å². The molecule has 0 bridgehead atoms. The molecule has 6 heteroatoms. The van der Waals surface area contributed by atoms with Crippen LogP contribution in [0.15, 0.2) is 0 Å². The minimum absolute atomic E-state index is 0.168. The maximum Gasteiger partial charge on any atom is 0.410 e. The lowest BCUT2D eigenvalue weighted by Crippen LogP contribution is -2.39. The van der Waals surface area contributed by atoms with E-state index in [1.54, 1.807) is 4.90 Å². The van der Waals surface area contributed by atoms with Gasteiger partial charge in [0.2, 0.25) is 0 Å². The van der Waals surface area contributed by atoms with Gasteiger partial charge in [0.15, 0.2) is 0 Å². The number of carbonyl (C=O) groups is 1. The van der Waals surface area contributed by atoms with E-state index in [0.717, 1.165) is 11.3 Å². The monoisotopic (exact) mass is 294 g/mol. The second-order valence-corrected chi connectivity index (χ2v) is 7.55. The van der Waals surface area contributed by atoms with Gasteiger partial charge in [-0.3, -0.25) is 0 Å². The zero-order valence-corrected chi connectivity index (χ0v) is 13.9. The quantitative estimate of drug-likeness (QED) is 0.798. The number of hydrogen-bond acceptors (Lipinski definition) is 4. The highest BCUT2D eigenvalue weighted by Gasteiger charge is 2.31. The standard InChI is InChI=1S/C15H26N4O2/c1-14(2,3)19-12(16)10-9-18(8-7-11(10)17-19)13(20)21-15(4,5)6/h7-9,16H2,1-6H3. The summed E-state index contributed by atoms with van der Waals surface area (Å²) in [6.07, 6.45) is 0.415. The van der Waals surface area contributed by atoms with Gasteiger partial charge in [-0.1, -0.05) is 0 Å². The molecule has 2 N–H and O–H groups in total. The van der Waals surface area contributed by atoms with Gasteiger partial charge in [0.05, 0.1) is 17.8 Å². The van der Waals surface area contributed by atoms with Crippen molar-refractivity contribution in [1.82, 2.24) is 14.7 Å². The van der Waals surface area contributed by atoms with Crippen molar-refractivity contribution in [1.29, 1.82) is 0 Å². The van der Waals surface area contributed by atoms with E-state index >= 15 is 0 Å². The van der Waals surface area contributed by atoms with Gasteiger partial charge >= 0.3 is 6.09 Å². The Morgan fingerprint density at radius 2 is 1.86 bits per heavy atom. The highest BCUT2D eigenvalue weighted by atomic mass is 16.6. The number of fused-ring (bicyclic) bond motifs is 1. The van der Waals surface area contributed by atoms with Crippen LogP contribution in [-0.2, 0) is 23.2 Å².